The highest BCUT2D eigenvalue weighted by molar-refractivity contribution is 6.31. The van der Waals surface area contributed by atoms with Crippen molar-refractivity contribution < 1.29 is 19.1 Å². The number of benzene rings is 3. The highest BCUT2D eigenvalue weighted by Gasteiger charge is 2.43. The van der Waals surface area contributed by atoms with Crippen molar-refractivity contribution in [2.24, 2.45) is 0 Å². The second kappa shape index (κ2) is 8.99. The maximum atomic E-state index is 13.2. The smallest absolute Gasteiger partial charge is 0.336 e. The third kappa shape index (κ3) is 4.19. The van der Waals surface area contributed by atoms with Crippen LogP contribution in [-0.4, -0.2) is 18.5 Å². The van der Waals surface area contributed by atoms with Gasteiger partial charge in [0.15, 0.2) is 0 Å². The minimum atomic E-state index is -0.379. The van der Waals surface area contributed by atoms with Gasteiger partial charge in [-0.25, -0.2) is 4.79 Å². The molecule has 0 fully saturated rings. The lowest BCUT2D eigenvalue weighted by atomic mass is 9.84. The summed E-state index contributed by atoms with van der Waals surface area (Å²) in [5.74, 6) is -0.107. The Hall–Kier alpha value is -3.57. The second-order valence-corrected chi connectivity index (χ2v) is 9.11. The molecule has 2 aliphatic rings. The third-order valence-corrected chi connectivity index (χ3v) is 6.71. The van der Waals surface area contributed by atoms with E-state index in [0.717, 1.165) is 22.4 Å². The Morgan fingerprint density at radius 2 is 1.82 bits per heavy atom. The lowest BCUT2D eigenvalue weighted by molar-refractivity contribution is -0.136. The number of carbonyl (C=O) groups excluding carboxylic acids is 2. The summed E-state index contributed by atoms with van der Waals surface area (Å²) in [6, 6.07) is 21.2. The molecule has 5 nitrogen and oxygen atoms in total. The molecule has 0 aromatic heterocycles. The van der Waals surface area contributed by atoms with Crippen LogP contribution in [0.1, 0.15) is 34.6 Å². The fourth-order valence-electron chi connectivity index (χ4n) is 4.52. The molecule has 0 aliphatic carbocycles. The molecule has 0 saturated carbocycles. The summed E-state index contributed by atoms with van der Waals surface area (Å²) in [6.45, 7) is 4.49. The molecule has 0 bridgehead atoms. The van der Waals surface area contributed by atoms with Crippen molar-refractivity contribution >= 4 is 29.2 Å². The predicted octanol–water partition coefficient (Wildman–Crippen LogP) is 5.87. The second-order valence-electron chi connectivity index (χ2n) is 8.70. The van der Waals surface area contributed by atoms with Crippen LogP contribution in [0.4, 0.5) is 5.69 Å². The van der Waals surface area contributed by atoms with Crippen LogP contribution in [0.3, 0.4) is 0 Å². The largest absolute Gasteiger partial charge is 0.489 e. The number of ether oxygens (including phenoxy) is 2. The molecule has 0 saturated heterocycles. The van der Waals surface area contributed by atoms with Crippen LogP contribution >= 0.6 is 11.6 Å². The summed E-state index contributed by atoms with van der Waals surface area (Å²) in [4.78, 5) is 27.5. The Kier molecular flexibility index (Phi) is 5.88. The number of esters is 1. The number of anilines is 1. The lowest BCUT2D eigenvalue weighted by Gasteiger charge is -2.32. The number of cyclic esters (lactones) is 1. The van der Waals surface area contributed by atoms with Crippen LogP contribution in [-0.2, 0) is 20.9 Å². The number of hydrogen-bond acceptors (Lipinski definition) is 4. The Bertz CT molecular complexity index is 1310. The standard InChI is InChI=1S/C28H24ClNO4/c1-17-4-3-5-19(12-17)15-33-22-10-7-20(8-11-22)23-14-26(31)30(25-16-34-28(32)27(23)25)21-9-6-18(2)24(29)13-21/h3-13,23H,14-16H2,1-2H3. The van der Waals surface area contributed by atoms with Crippen molar-refractivity contribution in [3.8, 4) is 5.75 Å². The van der Waals surface area contributed by atoms with Crippen molar-refractivity contribution in [3.63, 3.8) is 0 Å². The quantitative estimate of drug-likeness (QED) is 0.435. The molecule has 1 amide bonds. The molecular formula is C28H24ClNO4. The van der Waals surface area contributed by atoms with Crippen LogP contribution in [0.5, 0.6) is 5.75 Å². The zero-order chi connectivity index (χ0) is 23.8. The van der Waals surface area contributed by atoms with E-state index in [4.69, 9.17) is 21.1 Å². The van der Waals surface area contributed by atoms with E-state index >= 15 is 0 Å². The zero-order valence-electron chi connectivity index (χ0n) is 19.0. The molecule has 1 unspecified atom stereocenters. The topological polar surface area (TPSA) is 55.8 Å². The van der Waals surface area contributed by atoms with Crippen molar-refractivity contribution in [2.75, 3.05) is 11.5 Å². The number of carbonyl (C=O) groups is 2. The van der Waals surface area contributed by atoms with Gasteiger partial charge in [-0.15, -0.1) is 0 Å². The highest BCUT2D eigenvalue weighted by Crippen LogP contribution is 2.42. The van der Waals surface area contributed by atoms with E-state index in [1.807, 2.05) is 55.5 Å². The van der Waals surface area contributed by atoms with E-state index in [1.54, 1.807) is 11.0 Å². The maximum Gasteiger partial charge on any atom is 0.336 e. The molecule has 5 rings (SSSR count). The summed E-state index contributed by atoms with van der Waals surface area (Å²) in [5.41, 5.74) is 5.85. The average Bonchev–Trinajstić information content (AvgIpc) is 3.21. The first-order valence-corrected chi connectivity index (χ1v) is 11.6. The molecular weight excluding hydrogens is 450 g/mol. The minimum Gasteiger partial charge on any atom is -0.489 e. The molecule has 3 aromatic carbocycles. The van der Waals surface area contributed by atoms with E-state index in [1.165, 1.54) is 5.56 Å². The van der Waals surface area contributed by atoms with E-state index in [0.29, 0.717) is 28.6 Å². The SMILES string of the molecule is Cc1cccc(COc2ccc(C3CC(=O)N(c4ccc(C)c(Cl)c4)C4=C3C(=O)OC4)cc2)c1. The molecule has 6 heteroatoms. The van der Waals surface area contributed by atoms with Gasteiger partial charge >= 0.3 is 5.97 Å². The normalized spacial score (nSPS) is 17.6. The highest BCUT2D eigenvalue weighted by atomic mass is 35.5. The van der Waals surface area contributed by atoms with Gasteiger partial charge in [-0.1, -0.05) is 59.6 Å². The summed E-state index contributed by atoms with van der Waals surface area (Å²) in [5, 5.41) is 0.570. The predicted molar refractivity (Wildman–Crippen MR) is 131 cm³/mol. The zero-order valence-corrected chi connectivity index (χ0v) is 19.8. The van der Waals surface area contributed by atoms with Crippen molar-refractivity contribution in [1.82, 2.24) is 0 Å². The molecule has 0 N–H and O–H groups in total. The lowest BCUT2D eigenvalue weighted by Crippen LogP contribution is -2.37. The first-order chi connectivity index (χ1) is 16.4. The van der Waals surface area contributed by atoms with Gasteiger partial charge in [0, 0.05) is 17.4 Å². The molecule has 2 heterocycles. The van der Waals surface area contributed by atoms with Crippen LogP contribution in [0.15, 0.2) is 78.0 Å². The Labute approximate surface area is 203 Å². The molecule has 0 radical (unpaired) electrons. The fraction of sp³-hybridized carbons (Fsp3) is 0.214. The van der Waals surface area contributed by atoms with Gasteiger partial charge in [0.1, 0.15) is 19.0 Å². The number of hydrogen-bond donors (Lipinski definition) is 0. The summed E-state index contributed by atoms with van der Waals surface area (Å²) >= 11 is 6.30. The van der Waals surface area contributed by atoms with Crippen LogP contribution < -0.4 is 9.64 Å². The Morgan fingerprint density at radius 1 is 1.03 bits per heavy atom. The van der Waals surface area contributed by atoms with E-state index < -0.39 is 0 Å². The van der Waals surface area contributed by atoms with Gasteiger partial charge in [0.25, 0.3) is 0 Å². The van der Waals surface area contributed by atoms with Crippen molar-refractivity contribution in [1.29, 1.82) is 0 Å². The first-order valence-electron chi connectivity index (χ1n) is 11.2. The molecule has 2 aliphatic heterocycles. The fourth-order valence-corrected chi connectivity index (χ4v) is 4.70. The third-order valence-electron chi connectivity index (χ3n) is 6.30. The minimum absolute atomic E-state index is 0.0690. The Morgan fingerprint density at radius 3 is 2.56 bits per heavy atom. The van der Waals surface area contributed by atoms with E-state index in [-0.39, 0.29) is 30.8 Å². The first kappa shape index (κ1) is 22.2. The van der Waals surface area contributed by atoms with Gasteiger partial charge in [-0.05, 0) is 54.8 Å². The number of nitrogens with zero attached hydrogens (tertiary/aromatic N) is 1. The molecule has 1 atom stereocenters. The van der Waals surface area contributed by atoms with Gasteiger partial charge in [-0.2, -0.15) is 0 Å². The molecule has 0 spiro atoms. The van der Waals surface area contributed by atoms with Crippen LogP contribution in [0, 0.1) is 13.8 Å². The van der Waals surface area contributed by atoms with Gasteiger partial charge in [0.05, 0.1) is 17.0 Å². The number of aryl methyl sites for hydroxylation is 2. The van der Waals surface area contributed by atoms with Crippen molar-refractivity contribution in [2.45, 2.75) is 32.8 Å². The number of amides is 1. The number of rotatable bonds is 5. The summed E-state index contributed by atoms with van der Waals surface area (Å²) in [6.07, 6.45) is 0.170. The van der Waals surface area contributed by atoms with E-state index in [9.17, 15) is 9.59 Å². The van der Waals surface area contributed by atoms with E-state index in [2.05, 4.69) is 19.1 Å². The van der Waals surface area contributed by atoms with Gasteiger partial charge in [0.2, 0.25) is 5.91 Å². The summed E-state index contributed by atoms with van der Waals surface area (Å²) in [7, 11) is 0. The summed E-state index contributed by atoms with van der Waals surface area (Å²) < 4.78 is 11.3. The molecule has 3 aromatic rings. The Balaban J connectivity index is 1.40. The molecule has 34 heavy (non-hydrogen) atoms. The average molecular weight is 474 g/mol. The van der Waals surface area contributed by atoms with Crippen molar-refractivity contribution in [3.05, 3.63) is 105 Å². The monoisotopic (exact) mass is 473 g/mol. The van der Waals surface area contributed by atoms with Gasteiger partial charge < -0.3 is 9.47 Å². The number of halogens is 1. The molecule has 172 valence electrons. The maximum absolute atomic E-state index is 13.2. The van der Waals surface area contributed by atoms with Gasteiger partial charge in [-0.3, -0.25) is 9.69 Å². The van der Waals surface area contributed by atoms with Crippen LogP contribution in [0.2, 0.25) is 5.02 Å². The van der Waals surface area contributed by atoms with Crippen LogP contribution in [0.25, 0.3) is 0 Å².